The number of para-hydroxylation sites is 1. The first-order valence-corrected chi connectivity index (χ1v) is 7.64. The third kappa shape index (κ3) is 4.17. The van der Waals surface area contributed by atoms with Gasteiger partial charge in [-0.3, -0.25) is 4.79 Å². The van der Waals surface area contributed by atoms with E-state index in [4.69, 9.17) is 4.74 Å². The molecule has 0 fully saturated rings. The van der Waals surface area contributed by atoms with Crippen molar-refractivity contribution in [2.75, 3.05) is 5.32 Å². The highest BCUT2D eigenvalue weighted by Gasteiger charge is 2.30. The SMILES string of the molecule is Cc1cc(I)cnc1NC(=O)C(C)(C)Oc1ccccc1. The summed E-state index contributed by atoms with van der Waals surface area (Å²) in [7, 11) is 0. The van der Waals surface area contributed by atoms with Crippen LogP contribution in [0.25, 0.3) is 0 Å². The molecular formula is C16H17IN2O2. The molecule has 1 aromatic heterocycles. The van der Waals surface area contributed by atoms with Crippen molar-refractivity contribution in [2.45, 2.75) is 26.4 Å². The minimum absolute atomic E-state index is 0.233. The minimum atomic E-state index is -0.988. The second-order valence-electron chi connectivity index (χ2n) is 5.20. The predicted octanol–water partition coefficient (Wildman–Crippen LogP) is 3.79. The van der Waals surface area contributed by atoms with Gasteiger partial charge in [-0.05, 0) is 67.1 Å². The van der Waals surface area contributed by atoms with Crippen LogP contribution in [-0.4, -0.2) is 16.5 Å². The van der Waals surface area contributed by atoms with E-state index in [1.54, 1.807) is 20.0 Å². The molecule has 0 aliphatic heterocycles. The molecule has 0 aliphatic rings. The van der Waals surface area contributed by atoms with Crippen LogP contribution in [0.5, 0.6) is 5.75 Å². The first-order chi connectivity index (χ1) is 9.88. The number of hydrogen-bond donors (Lipinski definition) is 1. The molecule has 1 amide bonds. The Morgan fingerprint density at radius 3 is 2.57 bits per heavy atom. The molecule has 0 aliphatic carbocycles. The Balaban J connectivity index is 2.11. The average Bonchev–Trinajstić information content (AvgIpc) is 2.42. The van der Waals surface area contributed by atoms with Gasteiger partial charge in [0.05, 0.1) is 0 Å². The highest BCUT2D eigenvalue weighted by atomic mass is 127. The van der Waals surface area contributed by atoms with Crippen LogP contribution in [-0.2, 0) is 4.79 Å². The highest BCUT2D eigenvalue weighted by Crippen LogP contribution is 2.20. The fraction of sp³-hybridized carbons (Fsp3) is 0.250. The van der Waals surface area contributed by atoms with Gasteiger partial charge < -0.3 is 10.1 Å². The molecule has 5 heteroatoms. The fourth-order valence-electron chi connectivity index (χ4n) is 1.76. The summed E-state index contributed by atoms with van der Waals surface area (Å²) in [6.45, 7) is 5.38. The number of carbonyl (C=O) groups excluding carboxylic acids is 1. The molecule has 0 atom stereocenters. The molecule has 110 valence electrons. The molecule has 0 unspecified atom stereocenters. The van der Waals surface area contributed by atoms with E-state index >= 15 is 0 Å². The zero-order chi connectivity index (χ0) is 15.5. The smallest absolute Gasteiger partial charge is 0.269 e. The summed E-state index contributed by atoms with van der Waals surface area (Å²) in [6.07, 6.45) is 1.72. The molecule has 0 radical (unpaired) electrons. The molecule has 0 saturated heterocycles. The van der Waals surface area contributed by atoms with Crippen LogP contribution in [0.3, 0.4) is 0 Å². The summed E-state index contributed by atoms with van der Waals surface area (Å²) in [5.74, 6) is 0.984. The summed E-state index contributed by atoms with van der Waals surface area (Å²) >= 11 is 2.19. The summed E-state index contributed by atoms with van der Waals surface area (Å²) in [6, 6.07) is 11.3. The Bertz CT molecular complexity index is 642. The van der Waals surface area contributed by atoms with Gasteiger partial charge in [-0.15, -0.1) is 0 Å². The van der Waals surface area contributed by atoms with Crippen LogP contribution >= 0.6 is 22.6 Å². The van der Waals surface area contributed by atoms with E-state index in [2.05, 4.69) is 32.9 Å². The normalized spacial score (nSPS) is 11.0. The number of amides is 1. The van der Waals surface area contributed by atoms with E-state index in [1.807, 2.05) is 43.3 Å². The van der Waals surface area contributed by atoms with Gasteiger partial charge >= 0.3 is 0 Å². The second-order valence-corrected chi connectivity index (χ2v) is 6.44. The van der Waals surface area contributed by atoms with Crippen LogP contribution in [0.15, 0.2) is 42.6 Å². The fourth-order valence-corrected chi connectivity index (χ4v) is 2.37. The molecule has 1 heterocycles. The largest absolute Gasteiger partial charge is 0.478 e. The molecule has 21 heavy (non-hydrogen) atoms. The van der Waals surface area contributed by atoms with Gasteiger partial charge in [0, 0.05) is 9.77 Å². The van der Waals surface area contributed by atoms with Crippen molar-refractivity contribution in [1.82, 2.24) is 4.98 Å². The molecular weight excluding hydrogens is 379 g/mol. The lowest BCUT2D eigenvalue weighted by Crippen LogP contribution is -2.42. The van der Waals surface area contributed by atoms with E-state index in [0.29, 0.717) is 11.6 Å². The van der Waals surface area contributed by atoms with Crippen LogP contribution in [0.2, 0.25) is 0 Å². The van der Waals surface area contributed by atoms with E-state index in [-0.39, 0.29) is 5.91 Å². The molecule has 0 spiro atoms. The Morgan fingerprint density at radius 2 is 1.95 bits per heavy atom. The van der Waals surface area contributed by atoms with E-state index in [9.17, 15) is 4.79 Å². The third-order valence-corrected chi connectivity index (χ3v) is 3.53. The van der Waals surface area contributed by atoms with E-state index in [0.717, 1.165) is 9.13 Å². The first kappa shape index (κ1) is 15.8. The molecule has 2 rings (SSSR count). The Morgan fingerprint density at radius 1 is 1.29 bits per heavy atom. The molecule has 1 N–H and O–H groups in total. The molecule has 4 nitrogen and oxygen atoms in total. The Hall–Kier alpha value is -1.63. The summed E-state index contributed by atoms with van der Waals surface area (Å²) in [4.78, 5) is 16.6. The quantitative estimate of drug-likeness (QED) is 0.801. The lowest BCUT2D eigenvalue weighted by atomic mass is 10.1. The van der Waals surface area contributed by atoms with Crippen LogP contribution in [0, 0.1) is 10.5 Å². The highest BCUT2D eigenvalue weighted by molar-refractivity contribution is 14.1. The number of aryl methyl sites for hydroxylation is 1. The van der Waals surface area contributed by atoms with Gasteiger partial charge in [0.2, 0.25) is 0 Å². The maximum absolute atomic E-state index is 12.4. The van der Waals surface area contributed by atoms with Crippen molar-refractivity contribution in [1.29, 1.82) is 0 Å². The molecule has 1 aromatic carbocycles. The van der Waals surface area contributed by atoms with Crippen LogP contribution < -0.4 is 10.1 Å². The second kappa shape index (κ2) is 6.43. The minimum Gasteiger partial charge on any atom is -0.478 e. The number of anilines is 1. The van der Waals surface area contributed by atoms with Crippen molar-refractivity contribution >= 4 is 34.3 Å². The third-order valence-electron chi connectivity index (χ3n) is 2.94. The monoisotopic (exact) mass is 396 g/mol. The Labute approximate surface area is 138 Å². The standard InChI is InChI=1S/C16H17IN2O2/c1-11-9-12(17)10-18-14(11)19-15(20)16(2,3)21-13-7-5-4-6-8-13/h4-10H,1-3H3,(H,18,19,20). The number of aromatic nitrogens is 1. The Kier molecular flexibility index (Phi) is 4.82. The number of rotatable bonds is 4. The number of pyridine rings is 1. The zero-order valence-electron chi connectivity index (χ0n) is 12.2. The topological polar surface area (TPSA) is 51.2 Å². The van der Waals surface area contributed by atoms with Crippen molar-refractivity contribution in [3.8, 4) is 5.75 Å². The summed E-state index contributed by atoms with van der Waals surface area (Å²) < 4.78 is 6.79. The maximum atomic E-state index is 12.4. The predicted molar refractivity (Wildman–Crippen MR) is 91.5 cm³/mol. The van der Waals surface area contributed by atoms with E-state index < -0.39 is 5.60 Å². The van der Waals surface area contributed by atoms with Gasteiger partial charge in [0.1, 0.15) is 11.6 Å². The summed E-state index contributed by atoms with van der Waals surface area (Å²) in [5.41, 5.74) is -0.0656. The number of nitrogens with one attached hydrogen (secondary N) is 1. The lowest BCUT2D eigenvalue weighted by Gasteiger charge is -2.25. The van der Waals surface area contributed by atoms with Crippen molar-refractivity contribution in [2.24, 2.45) is 0 Å². The van der Waals surface area contributed by atoms with Gasteiger partial charge in [0.15, 0.2) is 5.60 Å². The van der Waals surface area contributed by atoms with E-state index in [1.165, 1.54) is 0 Å². The van der Waals surface area contributed by atoms with Crippen molar-refractivity contribution in [3.63, 3.8) is 0 Å². The average molecular weight is 396 g/mol. The van der Waals surface area contributed by atoms with Crippen LogP contribution in [0.1, 0.15) is 19.4 Å². The van der Waals surface area contributed by atoms with Crippen molar-refractivity contribution in [3.05, 3.63) is 51.7 Å². The molecule has 2 aromatic rings. The molecule has 0 bridgehead atoms. The number of ether oxygens (including phenoxy) is 1. The number of halogens is 1. The number of benzene rings is 1. The maximum Gasteiger partial charge on any atom is 0.269 e. The lowest BCUT2D eigenvalue weighted by molar-refractivity contribution is -0.128. The number of hydrogen-bond acceptors (Lipinski definition) is 3. The molecule has 0 saturated carbocycles. The zero-order valence-corrected chi connectivity index (χ0v) is 14.3. The van der Waals surface area contributed by atoms with Gasteiger partial charge in [-0.25, -0.2) is 4.98 Å². The summed E-state index contributed by atoms with van der Waals surface area (Å²) in [5, 5.41) is 2.82. The first-order valence-electron chi connectivity index (χ1n) is 6.56. The van der Waals surface area contributed by atoms with Crippen LogP contribution in [0.4, 0.5) is 5.82 Å². The van der Waals surface area contributed by atoms with Gasteiger partial charge in [-0.1, -0.05) is 18.2 Å². The van der Waals surface area contributed by atoms with Gasteiger partial charge in [-0.2, -0.15) is 0 Å². The number of nitrogens with zero attached hydrogens (tertiary/aromatic N) is 1. The van der Waals surface area contributed by atoms with Crippen molar-refractivity contribution < 1.29 is 9.53 Å². The van der Waals surface area contributed by atoms with Gasteiger partial charge in [0.25, 0.3) is 5.91 Å². The number of carbonyl (C=O) groups is 1.